The summed E-state index contributed by atoms with van der Waals surface area (Å²) < 4.78 is 13.8. The molecule has 0 atom stereocenters. The zero-order valence-corrected chi connectivity index (χ0v) is 13.8. The molecule has 0 aromatic heterocycles. The first-order chi connectivity index (χ1) is 11.6. The van der Waals surface area contributed by atoms with Crippen LogP contribution in [-0.4, -0.2) is 41.1 Å². The molecule has 2 amide bonds. The van der Waals surface area contributed by atoms with Crippen LogP contribution in [0.25, 0.3) is 0 Å². The number of carboxylic acids is 1. The number of nitrogens with one attached hydrogen (secondary N) is 1. The molecule has 1 aromatic carbocycles. The fourth-order valence-corrected chi connectivity index (χ4v) is 3.14. The molecule has 24 heavy (non-hydrogen) atoms. The van der Waals surface area contributed by atoms with Gasteiger partial charge in [0.2, 0.25) is 0 Å². The van der Waals surface area contributed by atoms with Gasteiger partial charge in [0.25, 0.3) is 0 Å². The standard InChI is InChI=1S/C18H25FN2O3/c19-16-9-4-1-6-14(16)11-13-21(15-7-2-3-8-15)18(24)20-12-5-10-17(22)23/h1,4,6,9,15H,2-3,5,7-8,10-13H2,(H,20,24)(H,22,23). The molecule has 0 bridgehead atoms. The molecule has 0 unspecified atom stereocenters. The highest BCUT2D eigenvalue weighted by Crippen LogP contribution is 2.24. The largest absolute Gasteiger partial charge is 0.481 e. The Bertz CT molecular complexity index is 559. The number of amides is 2. The number of nitrogens with zero attached hydrogens (tertiary/aromatic N) is 1. The van der Waals surface area contributed by atoms with Crippen LogP contribution in [0.15, 0.2) is 24.3 Å². The Morgan fingerprint density at radius 2 is 1.96 bits per heavy atom. The highest BCUT2D eigenvalue weighted by molar-refractivity contribution is 5.74. The highest BCUT2D eigenvalue weighted by atomic mass is 19.1. The number of carbonyl (C=O) groups is 2. The predicted octanol–water partition coefficient (Wildman–Crippen LogP) is 3.19. The Kier molecular flexibility index (Phi) is 7.03. The minimum atomic E-state index is -0.864. The molecule has 2 N–H and O–H groups in total. The summed E-state index contributed by atoms with van der Waals surface area (Å²) in [6.07, 6.45) is 5.08. The number of carbonyl (C=O) groups excluding carboxylic acids is 1. The summed E-state index contributed by atoms with van der Waals surface area (Å²) in [6.45, 7) is 0.810. The van der Waals surface area contributed by atoms with Crippen molar-refractivity contribution in [1.82, 2.24) is 10.2 Å². The van der Waals surface area contributed by atoms with Crippen molar-refractivity contribution >= 4 is 12.0 Å². The van der Waals surface area contributed by atoms with Crippen molar-refractivity contribution in [1.29, 1.82) is 0 Å². The molecular formula is C18H25FN2O3. The lowest BCUT2D eigenvalue weighted by molar-refractivity contribution is -0.137. The molecule has 1 aromatic rings. The molecule has 0 saturated heterocycles. The fourth-order valence-electron chi connectivity index (χ4n) is 3.14. The van der Waals surface area contributed by atoms with Gasteiger partial charge in [-0.2, -0.15) is 0 Å². The van der Waals surface area contributed by atoms with Gasteiger partial charge in [-0.25, -0.2) is 9.18 Å². The third-order valence-corrected chi connectivity index (χ3v) is 4.45. The van der Waals surface area contributed by atoms with Crippen LogP contribution in [0.1, 0.15) is 44.1 Å². The number of hydrogen-bond donors (Lipinski definition) is 2. The van der Waals surface area contributed by atoms with Gasteiger partial charge in [-0.3, -0.25) is 4.79 Å². The lowest BCUT2D eigenvalue weighted by atomic mass is 10.1. The number of carboxylic acid groups (broad SMARTS) is 1. The fraction of sp³-hybridized carbons (Fsp3) is 0.556. The molecule has 0 heterocycles. The molecule has 1 aliphatic rings. The second kappa shape index (κ2) is 9.25. The number of halogens is 1. The van der Waals surface area contributed by atoms with Crippen LogP contribution in [0, 0.1) is 5.82 Å². The topological polar surface area (TPSA) is 69.6 Å². The molecule has 1 aliphatic carbocycles. The molecule has 1 fully saturated rings. The van der Waals surface area contributed by atoms with Gasteiger partial charge in [-0.15, -0.1) is 0 Å². The van der Waals surface area contributed by atoms with Gasteiger partial charge in [0.15, 0.2) is 0 Å². The van der Waals surface area contributed by atoms with E-state index in [1.165, 1.54) is 6.07 Å². The van der Waals surface area contributed by atoms with Crippen LogP contribution in [-0.2, 0) is 11.2 Å². The summed E-state index contributed by atoms with van der Waals surface area (Å²) in [5.74, 6) is -1.11. The Morgan fingerprint density at radius 1 is 1.25 bits per heavy atom. The average Bonchev–Trinajstić information content (AvgIpc) is 3.07. The van der Waals surface area contributed by atoms with E-state index in [9.17, 15) is 14.0 Å². The van der Waals surface area contributed by atoms with E-state index in [2.05, 4.69) is 5.32 Å². The summed E-state index contributed by atoms with van der Waals surface area (Å²) in [6, 6.07) is 6.64. The highest BCUT2D eigenvalue weighted by Gasteiger charge is 2.26. The summed E-state index contributed by atoms with van der Waals surface area (Å²) in [5.41, 5.74) is 0.610. The van der Waals surface area contributed by atoms with Gasteiger partial charge in [0.05, 0.1) is 0 Å². The molecule has 0 spiro atoms. The van der Waals surface area contributed by atoms with E-state index in [4.69, 9.17) is 5.11 Å². The third-order valence-electron chi connectivity index (χ3n) is 4.45. The van der Waals surface area contributed by atoms with Gasteiger partial charge in [-0.1, -0.05) is 31.0 Å². The zero-order valence-electron chi connectivity index (χ0n) is 13.8. The lowest BCUT2D eigenvalue weighted by Gasteiger charge is -2.29. The molecule has 0 radical (unpaired) electrons. The van der Waals surface area contributed by atoms with Crippen LogP contribution in [0.4, 0.5) is 9.18 Å². The second-order valence-corrected chi connectivity index (χ2v) is 6.20. The second-order valence-electron chi connectivity index (χ2n) is 6.20. The van der Waals surface area contributed by atoms with Crippen molar-refractivity contribution in [3.05, 3.63) is 35.6 Å². The number of hydrogen-bond acceptors (Lipinski definition) is 2. The summed E-state index contributed by atoms with van der Waals surface area (Å²) in [5, 5.41) is 11.4. The van der Waals surface area contributed by atoms with Crippen molar-refractivity contribution in [2.75, 3.05) is 13.1 Å². The summed E-state index contributed by atoms with van der Waals surface area (Å²) in [7, 11) is 0. The summed E-state index contributed by atoms with van der Waals surface area (Å²) >= 11 is 0. The molecule has 2 rings (SSSR count). The molecule has 6 heteroatoms. The van der Waals surface area contributed by atoms with Crippen molar-refractivity contribution in [2.24, 2.45) is 0 Å². The molecule has 1 saturated carbocycles. The van der Waals surface area contributed by atoms with Crippen LogP contribution < -0.4 is 5.32 Å². The number of rotatable bonds is 8. The van der Waals surface area contributed by atoms with Crippen LogP contribution in [0.3, 0.4) is 0 Å². The summed E-state index contributed by atoms with van der Waals surface area (Å²) in [4.78, 5) is 24.8. The average molecular weight is 336 g/mol. The van der Waals surface area contributed by atoms with Gasteiger partial charge in [0.1, 0.15) is 5.82 Å². The maximum absolute atomic E-state index is 13.8. The molecule has 5 nitrogen and oxygen atoms in total. The molecular weight excluding hydrogens is 311 g/mol. The van der Waals surface area contributed by atoms with E-state index in [0.717, 1.165) is 25.7 Å². The third kappa shape index (κ3) is 5.51. The SMILES string of the molecule is O=C(O)CCCNC(=O)N(CCc1ccccc1F)C1CCCC1. The Hall–Kier alpha value is -2.11. The maximum Gasteiger partial charge on any atom is 0.317 e. The van der Waals surface area contributed by atoms with E-state index in [1.54, 1.807) is 23.1 Å². The number of urea groups is 1. The zero-order chi connectivity index (χ0) is 17.4. The first-order valence-electron chi connectivity index (χ1n) is 8.57. The van der Waals surface area contributed by atoms with Gasteiger partial charge < -0.3 is 15.3 Å². The van der Waals surface area contributed by atoms with E-state index < -0.39 is 5.97 Å². The Morgan fingerprint density at radius 3 is 2.62 bits per heavy atom. The van der Waals surface area contributed by atoms with Crippen molar-refractivity contribution in [3.63, 3.8) is 0 Å². The normalized spacial score (nSPS) is 14.5. The van der Waals surface area contributed by atoms with E-state index >= 15 is 0 Å². The predicted molar refractivity (Wildman–Crippen MR) is 89.3 cm³/mol. The van der Waals surface area contributed by atoms with E-state index in [-0.39, 0.29) is 24.3 Å². The van der Waals surface area contributed by atoms with Crippen LogP contribution in [0.2, 0.25) is 0 Å². The van der Waals surface area contributed by atoms with Crippen LogP contribution in [0.5, 0.6) is 0 Å². The first-order valence-corrected chi connectivity index (χ1v) is 8.57. The van der Waals surface area contributed by atoms with Crippen molar-refractivity contribution in [3.8, 4) is 0 Å². The van der Waals surface area contributed by atoms with E-state index in [1.807, 2.05) is 0 Å². The minimum Gasteiger partial charge on any atom is -0.481 e. The van der Waals surface area contributed by atoms with Crippen molar-refractivity contribution < 1.29 is 19.1 Å². The monoisotopic (exact) mass is 336 g/mol. The van der Waals surface area contributed by atoms with Gasteiger partial charge in [-0.05, 0) is 37.3 Å². The van der Waals surface area contributed by atoms with Crippen molar-refractivity contribution in [2.45, 2.75) is 51.0 Å². The van der Waals surface area contributed by atoms with E-state index in [0.29, 0.717) is 31.5 Å². The number of benzene rings is 1. The van der Waals surface area contributed by atoms with Crippen LogP contribution >= 0.6 is 0 Å². The smallest absolute Gasteiger partial charge is 0.317 e. The van der Waals surface area contributed by atoms with Gasteiger partial charge in [0, 0.05) is 25.6 Å². The number of aliphatic carboxylic acids is 1. The lowest BCUT2D eigenvalue weighted by Crippen LogP contribution is -2.46. The quantitative estimate of drug-likeness (QED) is 0.716. The Balaban J connectivity index is 1.90. The van der Waals surface area contributed by atoms with Gasteiger partial charge >= 0.3 is 12.0 Å². The Labute approximate surface area is 141 Å². The molecule has 0 aliphatic heterocycles. The molecule has 132 valence electrons. The minimum absolute atomic E-state index is 0.0406. The maximum atomic E-state index is 13.8. The first kappa shape index (κ1) is 18.2.